The summed E-state index contributed by atoms with van der Waals surface area (Å²) in [5.41, 5.74) is 6.90. The molecule has 3 atom stereocenters. The molecule has 2 heterocycles. The van der Waals surface area contributed by atoms with Gasteiger partial charge in [-0.2, -0.15) is 0 Å². The van der Waals surface area contributed by atoms with Gasteiger partial charge in [0.15, 0.2) is 5.96 Å². The minimum Gasteiger partial charge on any atom is -0.369 e. The molecule has 1 saturated carbocycles. The largest absolute Gasteiger partial charge is 0.369 e. The summed E-state index contributed by atoms with van der Waals surface area (Å²) in [5.74, 6) is 0.351. The number of pyridine rings is 1. The molecule has 0 radical (unpaired) electrons. The van der Waals surface area contributed by atoms with Crippen LogP contribution in [0.4, 0.5) is 0 Å². The van der Waals surface area contributed by atoms with Crippen LogP contribution in [-0.2, 0) is 11.2 Å². The molecule has 1 aliphatic heterocycles. The van der Waals surface area contributed by atoms with Crippen molar-refractivity contribution in [2.75, 3.05) is 7.05 Å². The minimum atomic E-state index is -0.848. The van der Waals surface area contributed by atoms with Gasteiger partial charge in [-0.25, -0.2) is 4.99 Å². The van der Waals surface area contributed by atoms with Crippen LogP contribution in [-0.4, -0.2) is 46.5 Å². The molecule has 1 fully saturated rings. The maximum absolute atomic E-state index is 13.2. The number of hydrogen-bond donors (Lipinski definition) is 3. The summed E-state index contributed by atoms with van der Waals surface area (Å²) in [4.78, 5) is 32.0. The van der Waals surface area contributed by atoms with Gasteiger partial charge in [0.1, 0.15) is 5.54 Å². The van der Waals surface area contributed by atoms with Crippen LogP contribution in [0.15, 0.2) is 59.9 Å². The number of benzene rings is 1. The third-order valence-corrected chi connectivity index (χ3v) is 6.87. The number of aromatic nitrogens is 1. The van der Waals surface area contributed by atoms with Crippen LogP contribution in [0.3, 0.4) is 0 Å². The number of rotatable bonds is 7. The molecule has 2 aromatic rings. The molecule has 4 N–H and O–H groups in total. The number of likely N-dealkylation sites (N-methyl/N-ethyl adjacent to an activating group) is 1. The summed E-state index contributed by atoms with van der Waals surface area (Å²) in [5, 5.41) is 12.5. The number of aliphatic imine (C=N–C) groups is 1. The molecule has 0 spiro atoms. The van der Waals surface area contributed by atoms with Crippen molar-refractivity contribution in [2.24, 2.45) is 16.6 Å². The average molecular weight is 451 g/mol. The van der Waals surface area contributed by atoms with Crippen molar-refractivity contribution in [3.8, 4) is 0 Å². The summed E-state index contributed by atoms with van der Waals surface area (Å²) >= 11 is 0. The van der Waals surface area contributed by atoms with Crippen LogP contribution >= 0.6 is 0 Å². The van der Waals surface area contributed by atoms with Gasteiger partial charge in [0.2, 0.25) is 12.4 Å². The number of nitrogens with zero attached hydrogens (tertiary/aromatic N) is 3. The van der Waals surface area contributed by atoms with Gasteiger partial charge in [-0.3, -0.25) is 19.7 Å². The molecule has 0 bridgehead atoms. The first kappa shape index (κ1) is 22.8. The molecule has 0 unspecified atom stereocenters. The predicted octanol–water partition coefficient (Wildman–Crippen LogP) is 2.05. The van der Waals surface area contributed by atoms with E-state index in [2.05, 4.69) is 17.4 Å². The van der Waals surface area contributed by atoms with E-state index in [1.165, 1.54) is 22.9 Å². The first-order valence-electron chi connectivity index (χ1n) is 11.6. The molecule has 8 nitrogen and oxygen atoms in total. The van der Waals surface area contributed by atoms with Gasteiger partial charge >= 0.3 is 0 Å². The van der Waals surface area contributed by atoms with E-state index in [9.17, 15) is 14.8 Å². The van der Waals surface area contributed by atoms with Crippen molar-refractivity contribution in [3.63, 3.8) is 0 Å². The molecule has 2 amide bonds. The average Bonchev–Trinajstić information content (AvgIpc) is 3.02. The van der Waals surface area contributed by atoms with Crippen molar-refractivity contribution in [1.29, 1.82) is 0 Å². The van der Waals surface area contributed by atoms with Crippen LogP contribution in [0, 0.1) is 5.92 Å². The molecule has 0 saturated heterocycles. The second-order valence-electron chi connectivity index (χ2n) is 9.23. The van der Waals surface area contributed by atoms with E-state index in [-0.39, 0.29) is 29.7 Å². The first-order valence-corrected chi connectivity index (χ1v) is 11.6. The lowest BCUT2D eigenvalue weighted by molar-refractivity contribution is -0.904. The highest BCUT2D eigenvalue weighted by molar-refractivity contribution is 6.06. The molecule has 1 aliphatic carbocycles. The molecule has 1 aromatic carbocycles. The van der Waals surface area contributed by atoms with E-state index in [0.29, 0.717) is 18.4 Å². The lowest BCUT2D eigenvalue weighted by atomic mass is 9.75. The Morgan fingerprint density at radius 1 is 1.24 bits per heavy atom. The Labute approximate surface area is 194 Å². The number of guanidine groups is 1. The number of nitrogens with one attached hydrogen (secondary N) is 1. The molecule has 4 rings (SSSR count). The third-order valence-electron chi connectivity index (χ3n) is 6.87. The van der Waals surface area contributed by atoms with Crippen LogP contribution in [0.2, 0.25) is 0 Å². The molecule has 2 aliphatic rings. The van der Waals surface area contributed by atoms with Crippen molar-refractivity contribution < 1.29 is 19.5 Å². The fraction of sp³-hybridized carbons (Fsp3) is 0.440. The Morgan fingerprint density at radius 2 is 1.97 bits per heavy atom. The zero-order valence-corrected chi connectivity index (χ0v) is 19.0. The van der Waals surface area contributed by atoms with E-state index in [0.717, 1.165) is 36.8 Å². The van der Waals surface area contributed by atoms with Crippen molar-refractivity contribution in [3.05, 3.63) is 66.0 Å². The fourth-order valence-electron chi connectivity index (χ4n) is 5.08. The highest BCUT2D eigenvalue weighted by atomic mass is 16.5. The molecular formula is C25H32N5O3+. The Bertz CT molecular complexity index is 1020. The fourth-order valence-corrected chi connectivity index (χ4v) is 5.08. The number of hydrogen-bond acceptors (Lipinski definition) is 5. The normalized spacial score (nSPS) is 25.1. The second kappa shape index (κ2) is 9.60. The van der Waals surface area contributed by atoms with Crippen molar-refractivity contribution in [2.45, 2.75) is 56.5 Å². The number of amides is 2. The lowest BCUT2D eigenvalue weighted by Gasteiger charge is -2.34. The molecule has 33 heavy (non-hydrogen) atoms. The predicted molar refractivity (Wildman–Crippen MR) is 124 cm³/mol. The first-order chi connectivity index (χ1) is 15.9. The summed E-state index contributed by atoms with van der Waals surface area (Å²) in [6.45, 7) is 0. The second-order valence-corrected chi connectivity index (χ2v) is 9.23. The van der Waals surface area contributed by atoms with E-state index in [4.69, 9.17) is 10.7 Å². The highest BCUT2D eigenvalue weighted by Crippen LogP contribution is 2.38. The topological polar surface area (TPSA) is 112 Å². The zero-order valence-electron chi connectivity index (χ0n) is 19.0. The number of aryl methyl sites for hydroxylation is 1. The monoisotopic (exact) mass is 450 g/mol. The van der Waals surface area contributed by atoms with Gasteiger partial charge in [-0.05, 0) is 43.6 Å². The Morgan fingerprint density at radius 3 is 2.64 bits per heavy atom. The van der Waals surface area contributed by atoms with Crippen molar-refractivity contribution >= 4 is 17.8 Å². The zero-order chi connectivity index (χ0) is 23.4. The Kier molecular flexibility index (Phi) is 6.62. The number of nitrogens with two attached hydrogens (primary N) is 1. The highest BCUT2D eigenvalue weighted by Gasteiger charge is 2.47. The molecular weight excluding hydrogens is 418 g/mol. The minimum absolute atomic E-state index is 0.0383. The quantitative estimate of drug-likeness (QED) is 0.443. The maximum atomic E-state index is 13.2. The van der Waals surface area contributed by atoms with Gasteiger partial charge in [-0.15, -0.1) is 0 Å². The van der Waals surface area contributed by atoms with Gasteiger partial charge in [0.25, 0.3) is 11.8 Å². The van der Waals surface area contributed by atoms with E-state index >= 15 is 0 Å². The molecule has 1 aromatic heterocycles. The summed E-state index contributed by atoms with van der Waals surface area (Å²) < 4.78 is 0.907. The van der Waals surface area contributed by atoms with E-state index in [1.54, 1.807) is 19.2 Å². The molecule has 174 valence electrons. The van der Waals surface area contributed by atoms with Gasteiger partial charge in [-0.1, -0.05) is 43.2 Å². The molecule has 8 heteroatoms. The lowest BCUT2D eigenvalue weighted by Crippen LogP contribution is -2.45. The summed E-state index contributed by atoms with van der Waals surface area (Å²) in [6.07, 6.45) is 8.55. The Hall–Kier alpha value is -3.42. The SMILES string of the molecule is CN1C(=O)[C@@](CCc2ccccc2)(C[C@H]2CCC[C@@H](NC(=O)c3cc[n+](O)cc3)C2)N=C1N. The number of carbonyl (C=O) groups excluding carboxylic acids is 2. The van der Waals surface area contributed by atoms with Crippen LogP contribution in [0.1, 0.15) is 54.4 Å². The number of carbonyl (C=O) groups is 2. The maximum Gasteiger partial charge on any atom is 0.257 e. The van der Waals surface area contributed by atoms with Crippen LogP contribution in [0.25, 0.3) is 0 Å². The van der Waals surface area contributed by atoms with E-state index < -0.39 is 5.54 Å². The van der Waals surface area contributed by atoms with E-state index in [1.807, 2.05) is 18.2 Å². The van der Waals surface area contributed by atoms with Gasteiger partial charge in [0, 0.05) is 30.0 Å². The summed E-state index contributed by atoms with van der Waals surface area (Å²) in [7, 11) is 1.69. The van der Waals surface area contributed by atoms with Crippen LogP contribution in [0.5, 0.6) is 0 Å². The van der Waals surface area contributed by atoms with Gasteiger partial charge < -0.3 is 11.1 Å². The standard InChI is InChI=1S/C25H31N5O3/c1-29-23(32)25(28-24(29)26,13-10-18-6-3-2-4-7-18)17-19-8-5-9-21(16-19)27-22(31)20-11-14-30(33)15-12-20/h2-4,6-7,11-12,14-15,19,21H,5,8-10,13,16-17H2,1H3,(H3-,26,27,28,31,33)/p+1/t19-,21+,25+/m0/s1. The summed E-state index contributed by atoms with van der Waals surface area (Å²) in [6, 6.07) is 13.3. The third kappa shape index (κ3) is 5.16. The van der Waals surface area contributed by atoms with Crippen LogP contribution < -0.4 is 15.8 Å². The Balaban J connectivity index is 1.44. The van der Waals surface area contributed by atoms with Gasteiger partial charge in [0.05, 0.1) is 5.56 Å². The smallest absolute Gasteiger partial charge is 0.257 e. The van der Waals surface area contributed by atoms with Crippen molar-refractivity contribution in [1.82, 2.24) is 10.2 Å².